The molecule has 0 N–H and O–H groups in total. The molecule has 0 amide bonds. The smallest absolute Gasteiger partial charge is 0.0620 e. The van der Waals surface area contributed by atoms with Crippen molar-refractivity contribution in [1.82, 2.24) is 0 Å². The van der Waals surface area contributed by atoms with Crippen LogP contribution in [0.25, 0.3) is 0 Å². The van der Waals surface area contributed by atoms with Crippen LogP contribution in [0.4, 0.5) is 0 Å². The SMILES string of the molecule is CC(C)[P+](c1ccccc1)(C(C)C)C(C)C. The minimum atomic E-state index is -1.06. The average molecular weight is 237 g/mol. The molecular weight excluding hydrogens is 211 g/mol. The van der Waals surface area contributed by atoms with Crippen molar-refractivity contribution in [2.45, 2.75) is 58.5 Å². The van der Waals surface area contributed by atoms with Crippen LogP contribution in [0.5, 0.6) is 0 Å². The Bertz CT molecular complexity index is 290. The zero-order valence-electron chi connectivity index (χ0n) is 11.6. The molecule has 90 valence electrons. The monoisotopic (exact) mass is 237 g/mol. The summed E-state index contributed by atoms with van der Waals surface area (Å²) in [5.41, 5.74) is 2.32. The van der Waals surface area contributed by atoms with Crippen LogP contribution in [-0.2, 0) is 0 Å². The molecule has 1 aromatic rings. The van der Waals surface area contributed by atoms with Crippen molar-refractivity contribution in [2.24, 2.45) is 0 Å². The van der Waals surface area contributed by atoms with Gasteiger partial charge in [0, 0.05) is 0 Å². The Kier molecular flexibility index (Phi) is 4.56. The highest BCUT2D eigenvalue weighted by Gasteiger charge is 2.49. The average Bonchev–Trinajstić information content (AvgIpc) is 2.18. The summed E-state index contributed by atoms with van der Waals surface area (Å²) < 4.78 is 0. The standard InChI is InChI=1S/C15H26P/c1-12(2)16(13(3)4,14(5)6)15-10-8-7-9-11-15/h7-14H,1-6H3/q+1. The molecular formula is C15H26P+. The van der Waals surface area contributed by atoms with Crippen LogP contribution >= 0.6 is 7.26 Å². The maximum Gasteiger partial charge on any atom is 0.0947 e. The molecule has 1 rings (SSSR count). The fourth-order valence-electron chi connectivity index (χ4n) is 3.37. The van der Waals surface area contributed by atoms with E-state index in [1.807, 2.05) is 0 Å². The molecule has 0 aliphatic rings. The van der Waals surface area contributed by atoms with E-state index in [1.54, 1.807) is 5.30 Å². The maximum atomic E-state index is 2.40. The Morgan fingerprint density at radius 2 is 1.06 bits per heavy atom. The summed E-state index contributed by atoms with van der Waals surface area (Å²) in [5.74, 6) is 0. The van der Waals surface area contributed by atoms with Crippen molar-refractivity contribution in [3.05, 3.63) is 30.3 Å². The minimum absolute atomic E-state index is 0.773. The molecule has 0 bridgehead atoms. The van der Waals surface area contributed by atoms with Gasteiger partial charge in [0.15, 0.2) is 0 Å². The van der Waals surface area contributed by atoms with Gasteiger partial charge < -0.3 is 0 Å². The van der Waals surface area contributed by atoms with E-state index in [-0.39, 0.29) is 0 Å². The van der Waals surface area contributed by atoms with Gasteiger partial charge in [0.1, 0.15) is 0 Å². The van der Waals surface area contributed by atoms with Crippen LogP contribution in [0.3, 0.4) is 0 Å². The highest BCUT2D eigenvalue weighted by molar-refractivity contribution is 7.84. The zero-order valence-corrected chi connectivity index (χ0v) is 12.5. The molecule has 0 radical (unpaired) electrons. The second-order valence-electron chi connectivity index (χ2n) is 5.45. The Morgan fingerprint density at radius 3 is 1.38 bits per heavy atom. The van der Waals surface area contributed by atoms with Gasteiger partial charge in [-0.25, -0.2) is 0 Å². The van der Waals surface area contributed by atoms with Gasteiger partial charge in [0.25, 0.3) is 0 Å². The molecule has 0 aromatic heterocycles. The van der Waals surface area contributed by atoms with E-state index in [0.29, 0.717) is 0 Å². The largest absolute Gasteiger partial charge is 0.0947 e. The van der Waals surface area contributed by atoms with E-state index in [4.69, 9.17) is 0 Å². The molecule has 16 heavy (non-hydrogen) atoms. The number of benzene rings is 1. The van der Waals surface area contributed by atoms with Gasteiger partial charge in [0.2, 0.25) is 0 Å². The summed E-state index contributed by atoms with van der Waals surface area (Å²) in [6.45, 7) is 14.4. The minimum Gasteiger partial charge on any atom is -0.0620 e. The Labute approximate surface area is 102 Å². The first-order chi connectivity index (χ1) is 7.44. The van der Waals surface area contributed by atoms with Crippen molar-refractivity contribution in [1.29, 1.82) is 0 Å². The van der Waals surface area contributed by atoms with Crippen molar-refractivity contribution >= 4 is 12.6 Å². The highest BCUT2D eigenvalue weighted by Crippen LogP contribution is 2.68. The zero-order chi connectivity index (χ0) is 12.3. The van der Waals surface area contributed by atoms with Crippen molar-refractivity contribution in [3.8, 4) is 0 Å². The van der Waals surface area contributed by atoms with Gasteiger partial charge in [-0.1, -0.05) is 18.2 Å². The Balaban J connectivity index is 3.34. The molecule has 0 unspecified atom stereocenters. The number of hydrogen-bond donors (Lipinski definition) is 0. The van der Waals surface area contributed by atoms with E-state index in [1.165, 1.54) is 0 Å². The maximum absolute atomic E-state index is 2.40. The molecule has 0 heterocycles. The first-order valence-electron chi connectivity index (χ1n) is 6.37. The molecule has 0 saturated heterocycles. The molecule has 1 aromatic carbocycles. The van der Waals surface area contributed by atoms with Crippen LogP contribution in [-0.4, -0.2) is 17.0 Å². The lowest BCUT2D eigenvalue weighted by Crippen LogP contribution is -2.32. The van der Waals surface area contributed by atoms with Gasteiger partial charge in [-0.3, -0.25) is 0 Å². The summed E-state index contributed by atoms with van der Waals surface area (Å²) in [5, 5.41) is 1.61. The van der Waals surface area contributed by atoms with Crippen molar-refractivity contribution in [3.63, 3.8) is 0 Å². The number of rotatable bonds is 4. The van der Waals surface area contributed by atoms with Crippen LogP contribution < -0.4 is 5.30 Å². The van der Waals surface area contributed by atoms with E-state index in [0.717, 1.165) is 17.0 Å². The van der Waals surface area contributed by atoms with Crippen molar-refractivity contribution < 1.29 is 0 Å². The third-order valence-electron chi connectivity index (χ3n) is 3.77. The second-order valence-corrected chi connectivity index (χ2v) is 10.7. The molecule has 1 heteroatoms. The lowest BCUT2D eigenvalue weighted by atomic mass is 10.4. The van der Waals surface area contributed by atoms with E-state index >= 15 is 0 Å². The third kappa shape index (κ3) is 2.18. The van der Waals surface area contributed by atoms with Gasteiger partial charge in [-0.05, 0) is 53.7 Å². The van der Waals surface area contributed by atoms with Gasteiger partial charge in [0.05, 0.1) is 29.5 Å². The molecule has 0 saturated carbocycles. The first kappa shape index (κ1) is 13.7. The fraction of sp³-hybridized carbons (Fsp3) is 0.600. The predicted octanol–water partition coefficient (Wildman–Crippen LogP) is 4.55. The van der Waals surface area contributed by atoms with Gasteiger partial charge >= 0.3 is 0 Å². The molecule has 0 aliphatic heterocycles. The first-order valence-corrected chi connectivity index (χ1v) is 8.37. The van der Waals surface area contributed by atoms with Gasteiger partial charge in [-0.15, -0.1) is 0 Å². The fourth-order valence-corrected chi connectivity index (χ4v) is 9.42. The summed E-state index contributed by atoms with van der Waals surface area (Å²) in [6.07, 6.45) is 0. The van der Waals surface area contributed by atoms with Crippen LogP contribution in [0, 0.1) is 0 Å². The van der Waals surface area contributed by atoms with E-state index < -0.39 is 7.26 Å². The summed E-state index contributed by atoms with van der Waals surface area (Å²) in [4.78, 5) is 0. The quantitative estimate of drug-likeness (QED) is 0.674. The van der Waals surface area contributed by atoms with Crippen LogP contribution in [0.2, 0.25) is 0 Å². The number of hydrogen-bond acceptors (Lipinski definition) is 0. The van der Waals surface area contributed by atoms with Gasteiger partial charge in [-0.2, -0.15) is 0 Å². The molecule has 0 nitrogen and oxygen atoms in total. The predicted molar refractivity (Wildman–Crippen MR) is 78.4 cm³/mol. The third-order valence-corrected chi connectivity index (χ3v) is 10.1. The summed E-state index contributed by atoms with van der Waals surface area (Å²) in [7, 11) is -1.06. The Hall–Kier alpha value is -0.350. The summed E-state index contributed by atoms with van der Waals surface area (Å²) >= 11 is 0. The lowest BCUT2D eigenvalue weighted by molar-refractivity contribution is 0.927. The summed E-state index contributed by atoms with van der Waals surface area (Å²) in [6, 6.07) is 11.2. The van der Waals surface area contributed by atoms with Crippen LogP contribution in [0.15, 0.2) is 30.3 Å². The molecule has 0 spiro atoms. The molecule has 0 aliphatic carbocycles. The molecule has 0 fully saturated rings. The van der Waals surface area contributed by atoms with Crippen LogP contribution in [0.1, 0.15) is 41.5 Å². The molecule has 0 atom stereocenters. The highest BCUT2D eigenvalue weighted by atomic mass is 31.2. The lowest BCUT2D eigenvalue weighted by Gasteiger charge is -2.38. The van der Waals surface area contributed by atoms with E-state index in [2.05, 4.69) is 71.9 Å². The normalized spacial score (nSPS) is 12.8. The van der Waals surface area contributed by atoms with Crippen molar-refractivity contribution in [2.75, 3.05) is 0 Å². The van der Waals surface area contributed by atoms with E-state index in [9.17, 15) is 0 Å². The topological polar surface area (TPSA) is 0 Å². The second kappa shape index (κ2) is 5.32. The Morgan fingerprint density at radius 1 is 0.688 bits per heavy atom.